The second-order valence-electron chi connectivity index (χ2n) is 5.93. The number of nitrogens with one attached hydrogen (secondary N) is 2. The van der Waals surface area contributed by atoms with E-state index in [9.17, 15) is 14.7 Å². The first-order valence-electron chi connectivity index (χ1n) is 7.34. The molecule has 0 unspecified atom stereocenters. The van der Waals surface area contributed by atoms with Crippen LogP contribution in [-0.4, -0.2) is 28.7 Å². The van der Waals surface area contributed by atoms with Gasteiger partial charge >= 0.3 is 12.0 Å². The van der Waals surface area contributed by atoms with E-state index in [1.54, 1.807) is 0 Å². The maximum Gasteiger partial charge on any atom is 0.326 e. The van der Waals surface area contributed by atoms with Crippen molar-refractivity contribution in [3.05, 3.63) is 35.9 Å². The highest BCUT2D eigenvalue weighted by Gasteiger charge is 2.34. The average molecular weight is 290 g/mol. The number of aryl methyl sites for hydroxylation is 1. The molecule has 1 atom stereocenters. The molecule has 2 amide bonds. The van der Waals surface area contributed by atoms with Gasteiger partial charge in [0.15, 0.2) is 0 Å². The lowest BCUT2D eigenvalue weighted by atomic mass is 9.79. The third kappa shape index (κ3) is 4.48. The number of aliphatic carboxylic acids is 1. The van der Waals surface area contributed by atoms with Gasteiger partial charge < -0.3 is 15.7 Å². The molecule has 0 radical (unpaired) electrons. The molecule has 21 heavy (non-hydrogen) atoms. The number of urea groups is 1. The van der Waals surface area contributed by atoms with E-state index in [1.807, 2.05) is 37.3 Å². The van der Waals surface area contributed by atoms with Crippen molar-refractivity contribution in [1.82, 2.24) is 10.6 Å². The zero-order chi connectivity index (χ0) is 15.3. The summed E-state index contributed by atoms with van der Waals surface area (Å²) in [7, 11) is 0. The number of rotatable bonds is 6. The molecule has 1 aliphatic carbocycles. The number of hydrogen-bond donors (Lipinski definition) is 3. The molecular weight excluding hydrogens is 268 g/mol. The van der Waals surface area contributed by atoms with E-state index in [0.717, 1.165) is 24.8 Å². The van der Waals surface area contributed by atoms with Gasteiger partial charge in [-0.1, -0.05) is 30.3 Å². The second kappa shape index (κ2) is 6.61. The van der Waals surface area contributed by atoms with E-state index in [0.29, 0.717) is 12.8 Å². The topological polar surface area (TPSA) is 78.4 Å². The van der Waals surface area contributed by atoms with E-state index in [-0.39, 0.29) is 5.54 Å². The Morgan fingerprint density at radius 2 is 1.95 bits per heavy atom. The molecule has 5 nitrogen and oxygen atoms in total. The van der Waals surface area contributed by atoms with Crippen LogP contribution < -0.4 is 10.6 Å². The van der Waals surface area contributed by atoms with Crippen LogP contribution >= 0.6 is 0 Å². The maximum atomic E-state index is 11.9. The van der Waals surface area contributed by atoms with Crippen molar-refractivity contribution in [1.29, 1.82) is 0 Å². The SMILES string of the molecule is CC1(NC(=O)N[C@@H](CCc2ccccc2)C(=O)O)CCC1. The number of carbonyl (C=O) groups is 2. The molecular formula is C16H22N2O3. The number of hydrogen-bond acceptors (Lipinski definition) is 2. The highest BCUT2D eigenvalue weighted by molar-refractivity contribution is 5.82. The van der Waals surface area contributed by atoms with E-state index >= 15 is 0 Å². The summed E-state index contributed by atoms with van der Waals surface area (Å²) in [6.45, 7) is 1.98. The molecule has 0 heterocycles. The molecule has 0 spiro atoms. The molecule has 1 saturated carbocycles. The first-order chi connectivity index (χ1) is 9.98. The van der Waals surface area contributed by atoms with Crippen molar-refractivity contribution in [3.8, 4) is 0 Å². The summed E-state index contributed by atoms with van der Waals surface area (Å²) < 4.78 is 0. The predicted octanol–water partition coefficient (Wildman–Crippen LogP) is 2.31. The van der Waals surface area contributed by atoms with Gasteiger partial charge in [-0.2, -0.15) is 0 Å². The lowest BCUT2D eigenvalue weighted by molar-refractivity contribution is -0.139. The minimum atomic E-state index is -1.00. The van der Waals surface area contributed by atoms with Gasteiger partial charge in [0, 0.05) is 5.54 Å². The lowest BCUT2D eigenvalue weighted by Crippen LogP contribution is -2.56. The summed E-state index contributed by atoms with van der Waals surface area (Å²) in [6, 6.07) is 8.41. The number of benzene rings is 1. The summed E-state index contributed by atoms with van der Waals surface area (Å²) >= 11 is 0. The standard InChI is InChI=1S/C16H22N2O3/c1-16(10-5-11-16)18-15(21)17-13(14(19)20)9-8-12-6-3-2-4-7-12/h2-4,6-7,13H,5,8-11H2,1H3,(H,19,20)(H2,17,18,21)/t13-/m0/s1. The Balaban J connectivity index is 1.84. The molecule has 0 bridgehead atoms. The minimum absolute atomic E-state index is 0.174. The molecule has 5 heteroatoms. The quantitative estimate of drug-likeness (QED) is 0.752. The van der Waals surface area contributed by atoms with Crippen LogP contribution in [0.25, 0.3) is 0 Å². The van der Waals surface area contributed by atoms with Crippen LogP contribution in [0.3, 0.4) is 0 Å². The highest BCUT2D eigenvalue weighted by Crippen LogP contribution is 2.30. The minimum Gasteiger partial charge on any atom is -0.480 e. The van der Waals surface area contributed by atoms with Crippen molar-refractivity contribution in [2.45, 2.75) is 50.6 Å². The molecule has 0 saturated heterocycles. The van der Waals surface area contributed by atoms with Crippen LogP contribution in [-0.2, 0) is 11.2 Å². The molecule has 1 fully saturated rings. The van der Waals surface area contributed by atoms with Crippen LogP contribution in [0, 0.1) is 0 Å². The zero-order valence-corrected chi connectivity index (χ0v) is 12.3. The summed E-state index contributed by atoms with van der Waals surface area (Å²) in [6.07, 6.45) is 4.00. The van der Waals surface area contributed by atoms with Crippen LogP contribution in [0.2, 0.25) is 0 Å². The molecule has 1 aliphatic rings. The van der Waals surface area contributed by atoms with E-state index in [2.05, 4.69) is 10.6 Å². The van der Waals surface area contributed by atoms with Gasteiger partial charge in [0.25, 0.3) is 0 Å². The predicted molar refractivity (Wildman–Crippen MR) is 80.1 cm³/mol. The largest absolute Gasteiger partial charge is 0.480 e. The van der Waals surface area contributed by atoms with E-state index in [1.165, 1.54) is 0 Å². The lowest BCUT2D eigenvalue weighted by Gasteiger charge is -2.39. The fourth-order valence-electron chi connectivity index (χ4n) is 2.51. The molecule has 2 rings (SSSR count). The molecule has 0 aromatic heterocycles. The Morgan fingerprint density at radius 1 is 1.29 bits per heavy atom. The maximum absolute atomic E-state index is 11.9. The van der Waals surface area contributed by atoms with Gasteiger partial charge in [0.1, 0.15) is 6.04 Å². The van der Waals surface area contributed by atoms with Gasteiger partial charge in [-0.25, -0.2) is 9.59 Å². The molecule has 1 aromatic carbocycles. The summed E-state index contributed by atoms with van der Waals surface area (Å²) in [4.78, 5) is 23.2. The van der Waals surface area contributed by atoms with Gasteiger partial charge in [0.2, 0.25) is 0 Å². The van der Waals surface area contributed by atoms with Gasteiger partial charge in [0.05, 0.1) is 0 Å². The van der Waals surface area contributed by atoms with Crippen molar-refractivity contribution in [2.75, 3.05) is 0 Å². The Morgan fingerprint density at radius 3 is 2.48 bits per heavy atom. The smallest absolute Gasteiger partial charge is 0.326 e. The zero-order valence-electron chi connectivity index (χ0n) is 12.3. The molecule has 3 N–H and O–H groups in total. The molecule has 114 valence electrons. The van der Waals surface area contributed by atoms with Crippen molar-refractivity contribution < 1.29 is 14.7 Å². The van der Waals surface area contributed by atoms with E-state index < -0.39 is 18.0 Å². The van der Waals surface area contributed by atoms with E-state index in [4.69, 9.17) is 0 Å². The van der Waals surface area contributed by atoms with Gasteiger partial charge in [-0.3, -0.25) is 0 Å². The molecule has 1 aromatic rings. The Hall–Kier alpha value is -2.04. The van der Waals surface area contributed by atoms with Gasteiger partial charge in [-0.05, 0) is 44.6 Å². The van der Waals surface area contributed by atoms with Crippen molar-refractivity contribution in [3.63, 3.8) is 0 Å². The van der Waals surface area contributed by atoms with Crippen LogP contribution in [0.4, 0.5) is 4.79 Å². The summed E-state index contributed by atoms with van der Waals surface area (Å²) in [5, 5.41) is 14.7. The number of amides is 2. The summed E-state index contributed by atoms with van der Waals surface area (Å²) in [5.74, 6) is -1.00. The molecule has 0 aliphatic heterocycles. The third-order valence-corrected chi connectivity index (χ3v) is 4.04. The number of carboxylic acids is 1. The van der Waals surface area contributed by atoms with Crippen molar-refractivity contribution >= 4 is 12.0 Å². The number of carboxylic acid groups (broad SMARTS) is 1. The highest BCUT2D eigenvalue weighted by atomic mass is 16.4. The fraction of sp³-hybridized carbons (Fsp3) is 0.500. The Kier molecular flexibility index (Phi) is 4.83. The number of carbonyl (C=O) groups excluding carboxylic acids is 1. The first-order valence-corrected chi connectivity index (χ1v) is 7.34. The van der Waals surface area contributed by atoms with Crippen LogP contribution in [0.15, 0.2) is 30.3 Å². The Bertz CT molecular complexity index is 498. The van der Waals surface area contributed by atoms with Crippen LogP contribution in [0.5, 0.6) is 0 Å². The fourth-order valence-corrected chi connectivity index (χ4v) is 2.51. The monoisotopic (exact) mass is 290 g/mol. The Labute approximate surface area is 124 Å². The average Bonchev–Trinajstić information content (AvgIpc) is 2.42. The van der Waals surface area contributed by atoms with Crippen molar-refractivity contribution in [2.24, 2.45) is 0 Å². The first kappa shape index (κ1) is 15.4. The van der Waals surface area contributed by atoms with Gasteiger partial charge in [-0.15, -0.1) is 0 Å². The van der Waals surface area contributed by atoms with Crippen LogP contribution in [0.1, 0.15) is 38.2 Å². The summed E-state index contributed by atoms with van der Waals surface area (Å²) in [5.41, 5.74) is 0.893. The normalized spacial score (nSPS) is 17.4. The second-order valence-corrected chi connectivity index (χ2v) is 5.93. The third-order valence-electron chi connectivity index (χ3n) is 4.04.